The Morgan fingerprint density at radius 2 is 1.50 bits per heavy atom. The number of halogens is 4. The van der Waals surface area contributed by atoms with Crippen molar-refractivity contribution in [2.45, 2.75) is 19.0 Å². The SMILES string of the molecule is CC(NC(c1ccc(F)cc1)c1cccc(Nc2c(O)c(=O)c2=O)c1)c1cc(Cl)cc(Cl)c1.Cl. The minimum absolute atomic E-state index is 0. The molecule has 0 aromatic heterocycles. The molecule has 0 amide bonds. The van der Waals surface area contributed by atoms with Crippen molar-refractivity contribution in [1.29, 1.82) is 0 Å². The molecule has 0 heterocycles. The fourth-order valence-electron chi connectivity index (χ4n) is 3.65. The second-order valence-electron chi connectivity index (χ2n) is 7.71. The van der Waals surface area contributed by atoms with Gasteiger partial charge in [0, 0.05) is 21.8 Å². The molecule has 0 fully saturated rings. The molecule has 0 bridgehead atoms. The van der Waals surface area contributed by atoms with Crippen LogP contribution in [0.5, 0.6) is 5.75 Å². The lowest BCUT2D eigenvalue weighted by molar-refractivity contribution is 0.466. The van der Waals surface area contributed by atoms with Crippen molar-refractivity contribution in [3.8, 4) is 5.75 Å². The molecule has 2 unspecified atom stereocenters. The van der Waals surface area contributed by atoms with Crippen molar-refractivity contribution in [2.75, 3.05) is 5.32 Å². The van der Waals surface area contributed by atoms with Crippen LogP contribution >= 0.6 is 35.6 Å². The van der Waals surface area contributed by atoms with Crippen LogP contribution in [-0.2, 0) is 0 Å². The van der Waals surface area contributed by atoms with Gasteiger partial charge in [0.25, 0.3) is 10.9 Å². The predicted molar refractivity (Wildman–Crippen MR) is 136 cm³/mol. The number of hydrogen-bond acceptors (Lipinski definition) is 5. The van der Waals surface area contributed by atoms with Crippen LogP contribution in [-0.4, -0.2) is 5.11 Å². The van der Waals surface area contributed by atoms with Crippen molar-refractivity contribution >= 4 is 47.0 Å². The van der Waals surface area contributed by atoms with Gasteiger partial charge in [0.05, 0.1) is 6.04 Å². The maximum absolute atomic E-state index is 13.6. The molecule has 34 heavy (non-hydrogen) atoms. The topological polar surface area (TPSA) is 78.4 Å². The Bertz CT molecular complexity index is 1370. The van der Waals surface area contributed by atoms with Crippen LogP contribution in [0.4, 0.5) is 15.8 Å². The summed E-state index contributed by atoms with van der Waals surface area (Å²) >= 11 is 12.3. The Balaban J connectivity index is 0.00000324. The van der Waals surface area contributed by atoms with Gasteiger partial charge in [-0.25, -0.2) is 4.39 Å². The van der Waals surface area contributed by atoms with Crippen LogP contribution < -0.4 is 21.5 Å². The fraction of sp³-hybridized carbons (Fsp3) is 0.120. The Morgan fingerprint density at radius 3 is 2.12 bits per heavy atom. The molecule has 0 saturated carbocycles. The molecule has 4 aromatic rings. The Hall–Kier alpha value is -2.90. The third kappa shape index (κ3) is 5.42. The van der Waals surface area contributed by atoms with Crippen molar-refractivity contribution in [3.63, 3.8) is 0 Å². The average molecular weight is 522 g/mol. The maximum Gasteiger partial charge on any atom is 0.271 e. The van der Waals surface area contributed by atoms with Crippen LogP contribution in [0.15, 0.2) is 76.3 Å². The monoisotopic (exact) mass is 520 g/mol. The molecule has 4 aromatic carbocycles. The summed E-state index contributed by atoms with van der Waals surface area (Å²) in [5.74, 6) is -0.928. The quantitative estimate of drug-likeness (QED) is 0.258. The molecule has 0 aliphatic rings. The zero-order valence-corrected chi connectivity index (χ0v) is 20.1. The van der Waals surface area contributed by atoms with Crippen molar-refractivity contribution in [1.82, 2.24) is 5.32 Å². The second kappa shape index (κ2) is 10.6. The first-order chi connectivity index (χ1) is 15.7. The molecule has 176 valence electrons. The molecular formula is C25H20Cl3FN2O3. The zero-order chi connectivity index (χ0) is 23.7. The van der Waals surface area contributed by atoms with Gasteiger partial charge < -0.3 is 10.4 Å². The largest absolute Gasteiger partial charge is 0.502 e. The molecule has 5 nitrogen and oxygen atoms in total. The molecule has 9 heteroatoms. The summed E-state index contributed by atoms with van der Waals surface area (Å²) in [7, 11) is 0. The van der Waals surface area contributed by atoms with Gasteiger partial charge in [-0.1, -0.05) is 47.5 Å². The zero-order valence-electron chi connectivity index (χ0n) is 17.8. The van der Waals surface area contributed by atoms with Gasteiger partial charge in [-0.15, -0.1) is 12.4 Å². The molecule has 0 aliphatic carbocycles. The summed E-state index contributed by atoms with van der Waals surface area (Å²) in [5.41, 5.74) is 1.21. The lowest BCUT2D eigenvalue weighted by Gasteiger charge is -2.25. The van der Waals surface area contributed by atoms with E-state index >= 15 is 0 Å². The first kappa shape index (κ1) is 25.7. The molecule has 4 rings (SSSR count). The Kier molecular flexibility index (Phi) is 8.00. The number of nitrogens with one attached hydrogen (secondary N) is 2. The summed E-state index contributed by atoms with van der Waals surface area (Å²) in [6.45, 7) is 1.96. The molecule has 0 spiro atoms. The van der Waals surface area contributed by atoms with Crippen molar-refractivity contribution in [2.24, 2.45) is 0 Å². The second-order valence-corrected chi connectivity index (χ2v) is 8.58. The van der Waals surface area contributed by atoms with E-state index in [0.717, 1.165) is 16.7 Å². The van der Waals surface area contributed by atoms with Gasteiger partial charge >= 0.3 is 0 Å². The highest BCUT2D eigenvalue weighted by Gasteiger charge is 2.22. The highest BCUT2D eigenvalue weighted by atomic mass is 35.5. The van der Waals surface area contributed by atoms with Gasteiger partial charge in [-0.2, -0.15) is 0 Å². The number of rotatable bonds is 7. The average Bonchev–Trinajstić information content (AvgIpc) is 2.80. The van der Waals surface area contributed by atoms with Crippen LogP contribution in [0.25, 0.3) is 0 Å². The lowest BCUT2D eigenvalue weighted by atomic mass is 9.96. The van der Waals surface area contributed by atoms with E-state index in [4.69, 9.17) is 23.2 Å². The van der Waals surface area contributed by atoms with E-state index in [9.17, 15) is 19.1 Å². The first-order valence-corrected chi connectivity index (χ1v) is 10.9. The standard InChI is InChI=1S/C25H19Cl2FN2O3.ClH/c1-13(16-9-17(26)12-18(27)10-16)29-21(14-5-7-19(28)8-6-14)15-3-2-4-20(11-15)30-22-23(31)25(33)24(22)32;/h2-13,21,29-31H,1H3;1H. The van der Waals surface area contributed by atoms with E-state index in [2.05, 4.69) is 10.6 Å². The first-order valence-electron chi connectivity index (χ1n) is 10.1. The number of aromatic hydroxyl groups is 1. The van der Waals surface area contributed by atoms with Gasteiger partial charge in [-0.05, 0) is 66.1 Å². The van der Waals surface area contributed by atoms with E-state index in [0.29, 0.717) is 15.7 Å². The molecule has 3 N–H and O–H groups in total. The van der Waals surface area contributed by atoms with E-state index in [1.54, 1.807) is 36.4 Å². The number of anilines is 2. The highest BCUT2D eigenvalue weighted by molar-refractivity contribution is 6.34. The van der Waals surface area contributed by atoms with E-state index < -0.39 is 16.6 Å². The van der Waals surface area contributed by atoms with E-state index in [-0.39, 0.29) is 36.0 Å². The third-order valence-electron chi connectivity index (χ3n) is 5.38. The van der Waals surface area contributed by atoms with Gasteiger partial charge in [-0.3, -0.25) is 14.9 Å². The van der Waals surface area contributed by atoms with Crippen LogP contribution in [0.2, 0.25) is 10.0 Å². The lowest BCUT2D eigenvalue weighted by Crippen LogP contribution is -2.32. The van der Waals surface area contributed by atoms with E-state index in [1.807, 2.05) is 25.1 Å². The predicted octanol–water partition coefficient (Wildman–Crippen LogP) is 6.04. The van der Waals surface area contributed by atoms with Gasteiger partial charge in [0.15, 0.2) is 5.75 Å². The van der Waals surface area contributed by atoms with Gasteiger partial charge in [0.1, 0.15) is 11.5 Å². The molecule has 2 atom stereocenters. The molecule has 0 saturated heterocycles. The molecule has 0 aliphatic heterocycles. The van der Waals surface area contributed by atoms with Crippen LogP contribution in [0, 0.1) is 5.82 Å². The van der Waals surface area contributed by atoms with Crippen molar-refractivity contribution in [3.05, 3.63) is 120 Å². The number of hydrogen-bond donors (Lipinski definition) is 3. The summed E-state index contributed by atoms with van der Waals surface area (Å²) in [6.07, 6.45) is 0. The van der Waals surface area contributed by atoms with Crippen LogP contribution in [0.3, 0.4) is 0 Å². The summed E-state index contributed by atoms with van der Waals surface area (Å²) in [5, 5.41) is 17.0. The normalized spacial score (nSPS) is 12.7. The number of benzene rings is 3. The highest BCUT2D eigenvalue weighted by Crippen LogP contribution is 2.31. The Morgan fingerprint density at radius 1 is 0.853 bits per heavy atom. The molecular weight excluding hydrogens is 502 g/mol. The third-order valence-corrected chi connectivity index (χ3v) is 5.82. The smallest absolute Gasteiger partial charge is 0.271 e. The van der Waals surface area contributed by atoms with E-state index in [1.165, 1.54) is 12.1 Å². The minimum atomic E-state index is -0.909. The minimum Gasteiger partial charge on any atom is -0.502 e. The molecule has 0 radical (unpaired) electrons. The summed E-state index contributed by atoms with van der Waals surface area (Å²) in [6, 6.07) is 18.1. The Labute approximate surface area is 211 Å². The van der Waals surface area contributed by atoms with Crippen molar-refractivity contribution < 1.29 is 9.50 Å². The summed E-state index contributed by atoms with van der Waals surface area (Å²) in [4.78, 5) is 23.0. The van der Waals surface area contributed by atoms with Crippen LogP contribution in [0.1, 0.15) is 35.7 Å². The van der Waals surface area contributed by atoms with Gasteiger partial charge in [0.2, 0.25) is 0 Å². The fourth-order valence-corrected chi connectivity index (χ4v) is 4.19. The summed E-state index contributed by atoms with van der Waals surface area (Å²) < 4.78 is 13.6. The maximum atomic E-state index is 13.6.